The Morgan fingerprint density at radius 2 is 2.31 bits per heavy atom. The molecule has 1 aromatic carbocycles. The van der Waals surface area contributed by atoms with E-state index in [9.17, 15) is 4.79 Å². The molecular formula is C11H11BrO. The Bertz CT molecular complexity index is 329. The molecule has 0 unspecified atom stereocenters. The first kappa shape index (κ1) is 10.2. The Balaban J connectivity index is 2.95. The van der Waals surface area contributed by atoms with Crippen LogP contribution >= 0.6 is 15.9 Å². The lowest BCUT2D eigenvalue weighted by Gasteiger charge is -1.96. The average molecular weight is 239 g/mol. The molecule has 13 heavy (non-hydrogen) atoms. The van der Waals surface area contributed by atoms with Crippen molar-refractivity contribution in [3.05, 3.63) is 39.9 Å². The van der Waals surface area contributed by atoms with Crippen LogP contribution in [-0.4, -0.2) is 6.29 Å². The van der Waals surface area contributed by atoms with Gasteiger partial charge in [-0.3, -0.25) is 4.79 Å². The Kier molecular flexibility index (Phi) is 3.90. The summed E-state index contributed by atoms with van der Waals surface area (Å²) in [6.45, 7) is 1.97. The van der Waals surface area contributed by atoms with Crippen molar-refractivity contribution in [1.82, 2.24) is 0 Å². The summed E-state index contributed by atoms with van der Waals surface area (Å²) >= 11 is 3.38. The summed E-state index contributed by atoms with van der Waals surface area (Å²) in [5.41, 5.74) is 1.87. The highest BCUT2D eigenvalue weighted by Gasteiger charge is 1.93. The maximum Gasteiger partial charge on any atom is 0.146 e. The van der Waals surface area contributed by atoms with Crippen LogP contribution in [0.15, 0.2) is 34.3 Å². The zero-order chi connectivity index (χ0) is 9.68. The van der Waals surface area contributed by atoms with E-state index in [4.69, 9.17) is 0 Å². The Morgan fingerprint density at radius 3 is 2.85 bits per heavy atom. The van der Waals surface area contributed by atoms with Crippen LogP contribution in [0.1, 0.15) is 18.9 Å². The average Bonchev–Trinajstić information content (AvgIpc) is 2.14. The van der Waals surface area contributed by atoms with Crippen molar-refractivity contribution in [2.45, 2.75) is 13.3 Å². The van der Waals surface area contributed by atoms with E-state index in [0.29, 0.717) is 0 Å². The third-order valence-corrected chi connectivity index (χ3v) is 2.25. The number of carbonyl (C=O) groups excluding carboxylic acids is 1. The van der Waals surface area contributed by atoms with Gasteiger partial charge in [0, 0.05) is 4.47 Å². The number of benzene rings is 1. The standard InChI is InChI=1S/C11H11BrO/c1-2-9(8-13)6-10-4-3-5-11(12)7-10/h3-8H,2H2,1H3/b9-6+. The van der Waals surface area contributed by atoms with Crippen molar-refractivity contribution in [3.8, 4) is 0 Å². The highest BCUT2D eigenvalue weighted by Crippen LogP contribution is 2.14. The molecule has 0 saturated carbocycles. The summed E-state index contributed by atoms with van der Waals surface area (Å²) < 4.78 is 1.03. The number of aldehydes is 1. The van der Waals surface area contributed by atoms with E-state index in [2.05, 4.69) is 15.9 Å². The molecule has 1 rings (SSSR count). The summed E-state index contributed by atoms with van der Waals surface area (Å²) in [7, 11) is 0. The van der Waals surface area contributed by atoms with Crippen LogP contribution in [0.5, 0.6) is 0 Å². The van der Waals surface area contributed by atoms with Crippen LogP contribution in [0.2, 0.25) is 0 Å². The Hall–Kier alpha value is -0.890. The van der Waals surface area contributed by atoms with Crippen molar-refractivity contribution in [2.24, 2.45) is 0 Å². The summed E-state index contributed by atoms with van der Waals surface area (Å²) in [6, 6.07) is 7.88. The molecule has 0 atom stereocenters. The molecule has 0 aromatic heterocycles. The minimum absolute atomic E-state index is 0.774. The first-order valence-corrected chi connectivity index (χ1v) is 4.97. The first-order chi connectivity index (χ1) is 6.26. The van der Waals surface area contributed by atoms with Crippen LogP contribution in [0, 0.1) is 0 Å². The summed E-state index contributed by atoms with van der Waals surface area (Å²) in [5, 5.41) is 0. The molecule has 0 fully saturated rings. The normalized spacial score (nSPS) is 11.4. The van der Waals surface area contributed by atoms with E-state index in [1.165, 1.54) is 0 Å². The lowest BCUT2D eigenvalue weighted by atomic mass is 10.1. The van der Waals surface area contributed by atoms with Crippen LogP contribution in [0.25, 0.3) is 6.08 Å². The van der Waals surface area contributed by atoms with Gasteiger partial charge in [-0.25, -0.2) is 0 Å². The molecule has 2 heteroatoms. The fourth-order valence-electron chi connectivity index (χ4n) is 1.03. The van der Waals surface area contributed by atoms with Gasteiger partial charge in [0.1, 0.15) is 6.29 Å². The molecule has 1 nitrogen and oxygen atoms in total. The number of rotatable bonds is 3. The molecule has 0 aliphatic rings. The largest absolute Gasteiger partial charge is 0.298 e. The van der Waals surface area contributed by atoms with Gasteiger partial charge < -0.3 is 0 Å². The molecule has 0 aliphatic carbocycles. The molecule has 1 aromatic rings. The van der Waals surface area contributed by atoms with E-state index < -0.39 is 0 Å². The van der Waals surface area contributed by atoms with Gasteiger partial charge in [-0.15, -0.1) is 0 Å². The molecule has 0 saturated heterocycles. The molecule has 68 valence electrons. The van der Waals surface area contributed by atoms with Crippen LogP contribution in [-0.2, 0) is 4.79 Å². The van der Waals surface area contributed by atoms with Crippen LogP contribution < -0.4 is 0 Å². The highest BCUT2D eigenvalue weighted by atomic mass is 79.9. The van der Waals surface area contributed by atoms with Crippen molar-refractivity contribution >= 4 is 28.3 Å². The predicted molar refractivity (Wildman–Crippen MR) is 58.5 cm³/mol. The third-order valence-electron chi connectivity index (χ3n) is 1.76. The monoisotopic (exact) mass is 238 g/mol. The predicted octanol–water partition coefficient (Wildman–Crippen LogP) is 3.44. The molecule has 0 heterocycles. The maximum absolute atomic E-state index is 10.5. The van der Waals surface area contributed by atoms with Gasteiger partial charge in [-0.05, 0) is 35.8 Å². The van der Waals surface area contributed by atoms with Gasteiger partial charge in [0.05, 0.1) is 0 Å². The Labute approximate surface area is 86.6 Å². The van der Waals surface area contributed by atoms with Crippen molar-refractivity contribution in [3.63, 3.8) is 0 Å². The number of carbonyl (C=O) groups is 1. The maximum atomic E-state index is 10.5. The molecule has 0 N–H and O–H groups in total. The van der Waals surface area contributed by atoms with Crippen LogP contribution in [0.4, 0.5) is 0 Å². The topological polar surface area (TPSA) is 17.1 Å². The van der Waals surface area contributed by atoms with Gasteiger partial charge in [0.2, 0.25) is 0 Å². The second-order valence-electron chi connectivity index (χ2n) is 2.75. The SMILES string of the molecule is CC/C(C=O)=C\c1cccc(Br)c1. The summed E-state index contributed by atoms with van der Waals surface area (Å²) in [5.74, 6) is 0. The van der Waals surface area contributed by atoms with E-state index in [1.54, 1.807) is 0 Å². The van der Waals surface area contributed by atoms with E-state index in [-0.39, 0.29) is 0 Å². The fourth-order valence-corrected chi connectivity index (χ4v) is 1.45. The van der Waals surface area contributed by atoms with Gasteiger partial charge in [0.25, 0.3) is 0 Å². The lowest BCUT2D eigenvalue weighted by molar-refractivity contribution is -0.104. The van der Waals surface area contributed by atoms with Crippen molar-refractivity contribution < 1.29 is 4.79 Å². The molecule has 0 aliphatic heterocycles. The molecule has 0 bridgehead atoms. The van der Waals surface area contributed by atoms with E-state index in [0.717, 1.165) is 28.3 Å². The quantitative estimate of drug-likeness (QED) is 0.583. The van der Waals surface area contributed by atoms with Gasteiger partial charge in [0.15, 0.2) is 0 Å². The van der Waals surface area contributed by atoms with Gasteiger partial charge in [-0.2, -0.15) is 0 Å². The summed E-state index contributed by atoms with van der Waals surface area (Å²) in [6.07, 6.45) is 3.58. The van der Waals surface area contributed by atoms with Gasteiger partial charge >= 0.3 is 0 Å². The van der Waals surface area contributed by atoms with Gasteiger partial charge in [-0.1, -0.05) is 35.0 Å². The van der Waals surface area contributed by atoms with Crippen molar-refractivity contribution in [1.29, 1.82) is 0 Å². The second kappa shape index (κ2) is 4.97. The minimum atomic E-state index is 0.774. The zero-order valence-corrected chi connectivity index (χ0v) is 9.04. The first-order valence-electron chi connectivity index (χ1n) is 4.17. The Morgan fingerprint density at radius 1 is 1.54 bits per heavy atom. The lowest BCUT2D eigenvalue weighted by Crippen LogP contribution is -1.81. The van der Waals surface area contributed by atoms with Crippen molar-refractivity contribution in [2.75, 3.05) is 0 Å². The number of hydrogen-bond acceptors (Lipinski definition) is 1. The zero-order valence-electron chi connectivity index (χ0n) is 7.46. The smallest absolute Gasteiger partial charge is 0.146 e. The third kappa shape index (κ3) is 3.15. The van der Waals surface area contributed by atoms with Crippen LogP contribution in [0.3, 0.4) is 0 Å². The minimum Gasteiger partial charge on any atom is -0.298 e. The number of allylic oxidation sites excluding steroid dienone is 1. The fraction of sp³-hybridized carbons (Fsp3) is 0.182. The van der Waals surface area contributed by atoms with E-state index in [1.807, 2.05) is 37.3 Å². The molecule has 0 spiro atoms. The number of halogens is 1. The molecule has 0 amide bonds. The molecular weight excluding hydrogens is 228 g/mol. The highest BCUT2D eigenvalue weighted by molar-refractivity contribution is 9.10. The number of hydrogen-bond donors (Lipinski definition) is 0. The summed E-state index contributed by atoms with van der Waals surface area (Å²) in [4.78, 5) is 10.5. The van der Waals surface area contributed by atoms with E-state index >= 15 is 0 Å². The molecule has 0 radical (unpaired) electrons. The second-order valence-corrected chi connectivity index (χ2v) is 3.66.